The van der Waals surface area contributed by atoms with E-state index in [0.29, 0.717) is 19.7 Å². The van der Waals surface area contributed by atoms with Gasteiger partial charge in [-0.15, -0.1) is 0 Å². The van der Waals surface area contributed by atoms with Crippen LogP contribution in [0.2, 0.25) is 0 Å². The van der Waals surface area contributed by atoms with E-state index in [9.17, 15) is 14.9 Å². The van der Waals surface area contributed by atoms with Crippen LogP contribution in [-0.2, 0) is 32.2 Å². The number of amides is 1. The molecule has 0 fully saturated rings. The number of esters is 1. The average Bonchev–Trinajstić information content (AvgIpc) is 3.02. The Morgan fingerprint density at radius 3 is 2.65 bits per heavy atom. The van der Waals surface area contributed by atoms with Crippen LogP contribution in [0.1, 0.15) is 22.5 Å². The highest BCUT2D eigenvalue weighted by molar-refractivity contribution is 9.10. The maximum absolute atomic E-state index is 12.4. The minimum absolute atomic E-state index is 0.159. The second-order valence-electron chi connectivity index (χ2n) is 7.06. The Hall–Kier alpha value is -2.89. The Morgan fingerprint density at radius 2 is 2.00 bits per heavy atom. The number of halogens is 1. The van der Waals surface area contributed by atoms with Gasteiger partial charge >= 0.3 is 5.97 Å². The molecule has 31 heavy (non-hydrogen) atoms. The minimum Gasteiger partial charge on any atom is -0.451 e. The zero-order valence-electron chi connectivity index (χ0n) is 18.1. The van der Waals surface area contributed by atoms with Gasteiger partial charge in [0.2, 0.25) is 0 Å². The lowest BCUT2D eigenvalue weighted by Crippen LogP contribution is -2.31. The number of nitrogens with zero attached hydrogens (tertiary/aromatic N) is 3. The van der Waals surface area contributed by atoms with Gasteiger partial charge in [-0.1, -0.05) is 34.1 Å². The van der Waals surface area contributed by atoms with Crippen LogP contribution in [0.4, 0.5) is 0 Å². The van der Waals surface area contributed by atoms with Crippen LogP contribution >= 0.6 is 15.9 Å². The Balaban J connectivity index is 2.02. The van der Waals surface area contributed by atoms with Crippen LogP contribution in [0.3, 0.4) is 0 Å². The lowest BCUT2D eigenvalue weighted by atomic mass is 10.1. The number of nitriles is 1. The molecule has 0 bridgehead atoms. The number of aryl methyl sites for hydroxylation is 1. The van der Waals surface area contributed by atoms with E-state index >= 15 is 0 Å². The average molecular weight is 488 g/mol. The van der Waals surface area contributed by atoms with Crippen LogP contribution in [0.15, 0.2) is 40.4 Å². The number of ether oxygens (including phenoxy) is 2. The quantitative estimate of drug-likeness (QED) is 0.306. The summed E-state index contributed by atoms with van der Waals surface area (Å²) in [5.41, 5.74) is 3.44. The molecule has 0 saturated carbocycles. The van der Waals surface area contributed by atoms with Crippen molar-refractivity contribution in [1.82, 2.24) is 9.47 Å². The van der Waals surface area contributed by atoms with Crippen molar-refractivity contribution >= 4 is 33.9 Å². The first-order valence-electron chi connectivity index (χ1n) is 9.70. The van der Waals surface area contributed by atoms with E-state index in [1.807, 2.05) is 50.2 Å². The highest BCUT2D eigenvalue weighted by Crippen LogP contribution is 2.19. The number of hydrogen-bond acceptors (Lipinski definition) is 5. The lowest BCUT2D eigenvalue weighted by Gasteiger charge is -2.18. The topological polar surface area (TPSA) is 84.6 Å². The number of aromatic nitrogens is 1. The Bertz CT molecular complexity index is 1020. The van der Waals surface area contributed by atoms with Crippen LogP contribution in [0.5, 0.6) is 0 Å². The molecule has 1 aromatic heterocycles. The molecule has 0 atom stereocenters. The zero-order valence-corrected chi connectivity index (χ0v) is 19.7. The molecular weight excluding hydrogens is 462 g/mol. The third-order valence-corrected chi connectivity index (χ3v) is 5.66. The molecule has 2 aromatic rings. The van der Waals surface area contributed by atoms with Gasteiger partial charge in [-0.2, -0.15) is 5.26 Å². The summed E-state index contributed by atoms with van der Waals surface area (Å²) in [6.45, 7) is 5.02. The molecule has 0 spiro atoms. The number of benzene rings is 1. The lowest BCUT2D eigenvalue weighted by molar-refractivity contribution is -0.148. The summed E-state index contributed by atoms with van der Waals surface area (Å²) in [5, 5.41) is 9.42. The molecule has 1 amide bonds. The fourth-order valence-electron chi connectivity index (χ4n) is 3.08. The molecule has 0 radical (unpaired) electrons. The van der Waals surface area contributed by atoms with E-state index in [1.165, 1.54) is 11.0 Å². The van der Waals surface area contributed by atoms with Crippen LogP contribution in [0.25, 0.3) is 6.08 Å². The minimum atomic E-state index is -0.827. The standard InChI is InChI=1S/C23H26BrN3O4/c1-16-11-19(17(2)27(16)9-10-30-4)12-20(13-25)23(29)31-15-22(28)26(3)14-18-7-5-6-8-21(18)24/h5-8,11-12H,9-10,14-15H2,1-4H3/b20-12+. The Morgan fingerprint density at radius 1 is 1.29 bits per heavy atom. The highest BCUT2D eigenvalue weighted by atomic mass is 79.9. The van der Waals surface area contributed by atoms with Gasteiger partial charge in [0.15, 0.2) is 6.61 Å². The van der Waals surface area contributed by atoms with Crippen molar-refractivity contribution in [3.05, 3.63) is 62.9 Å². The van der Waals surface area contributed by atoms with Gasteiger partial charge < -0.3 is 18.9 Å². The van der Waals surface area contributed by atoms with Gasteiger partial charge in [-0.3, -0.25) is 4.79 Å². The molecule has 1 aromatic carbocycles. The smallest absolute Gasteiger partial charge is 0.349 e. The van der Waals surface area contributed by atoms with Gasteiger partial charge in [-0.25, -0.2) is 4.79 Å². The van der Waals surface area contributed by atoms with Gasteiger partial charge in [0.25, 0.3) is 5.91 Å². The maximum Gasteiger partial charge on any atom is 0.349 e. The van der Waals surface area contributed by atoms with Crippen molar-refractivity contribution in [2.75, 3.05) is 27.4 Å². The Labute approximate surface area is 191 Å². The maximum atomic E-state index is 12.4. The molecule has 8 heteroatoms. The predicted molar refractivity (Wildman–Crippen MR) is 121 cm³/mol. The van der Waals surface area contributed by atoms with E-state index < -0.39 is 12.6 Å². The van der Waals surface area contributed by atoms with Crippen molar-refractivity contribution < 1.29 is 19.1 Å². The third kappa shape index (κ3) is 6.54. The molecule has 7 nitrogen and oxygen atoms in total. The first-order valence-corrected chi connectivity index (χ1v) is 10.5. The van der Waals surface area contributed by atoms with Crippen LogP contribution in [-0.4, -0.2) is 48.7 Å². The molecule has 0 aliphatic carbocycles. The highest BCUT2D eigenvalue weighted by Gasteiger charge is 2.17. The molecule has 2 rings (SSSR count). The summed E-state index contributed by atoms with van der Waals surface area (Å²) < 4.78 is 13.2. The molecule has 0 N–H and O–H groups in total. The van der Waals surface area contributed by atoms with Crippen molar-refractivity contribution in [3.63, 3.8) is 0 Å². The first-order chi connectivity index (χ1) is 14.8. The normalized spacial score (nSPS) is 11.2. The van der Waals surface area contributed by atoms with E-state index in [2.05, 4.69) is 20.5 Å². The number of rotatable bonds is 9. The zero-order chi connectivity index (χ0) is 23.0. The van der Waals surface area contributed by atoms with Gasteiger partial charge in [0.1, 0.15) is 11.6 Å². The summed E-state index contributed by atoms with van der Waals surface area (Å²) in [5.74, 6) is -1.19. The van der Waals surface area contributed by atoms with E-state index in [4.69, 9.17) is 9.47 Å². The summed E-state index contributed by atoms with van der Waals surface area (Å²) in [6.07, 6.45) is 1.49. The molecule has 0 saturated heterocycles. The third-order valence-electron chi connectivity index (χ3n) is 4.89. The van der Waals surface area contributed by atoms with Crippen molar-refractivity contribution in [3.8, 4) is 6.07 Å². The fraction of sp³-hybridized carbons (Fsp3) is 0.348. The van der Waals surface area contributed by atoms with Crippen LogP contribution in [0, 0.1) is 25.2 Å². The predicted octanol–water partition coefficient (Wildman–Crippen LogP) is 3.62. The molecule has 164 valence electrons. The summed E-state index contributed by atoms with van der Waals surface area (Å²) in [4.78, 5) is 26.2. The monoisotopic (exact) mass is 487 g/mol. The number of hydrogen-bond donors (Lipinski definition) is 0. The molecular formula is C23H26BrN3O4. The second kappa shape index (κ2) is 11.5. The molecule has 0 aliphatic rings. The number of carbonyl (C=O) groups excluding carboxylic acids is 2. The van der Waals surface area contributed by atoms with Crippen molar-refractivity contribution in [2.24, 2.45) is 0 Å². The molecule has 0 aliphatic heterocycles. The van der Waals surface area contributed by atoms with Gasteiger partial charge in [-0.05, 0) is 43.2 Å². The molecule has 0 unspecified atom stereocenters. The SMILES string of the molecule is COCCn1c(C)cc(/C=C(\C#N)C(=O)OCC(=O)N(C)Cc2ccccc2Br)c1C. The number of methoxy groups -OCH3 is 1. The van der Waals surface area contributed by atoms with Gasteiger partial charge in [0, 0.05) is 43.1 Å². The first kappa shape index (κ1) is 24.4. The number of likely N-dealkylation sites (N-methyl/N-ethyl adjacent to an activating group) is 1. The van der Waals surface area contributed by atoms with E-state index in [-0.39, 0.29) is 11.5 Å². The largest absolute Gasteiger partial charge is 0.451 e. The Kier molecular flexibility index (Phi) is 9.03. The van der Waals surface area contributed by atoms with E-state index in [0.717, 1.165) is 27.0 Å². The summed E-state index contributed by atoms with van der Waals surface area (Å²) >= 11 is 3.45. The van der Waals surface area contributed by atoms with Crippen molar-refractivity contribution in [2.45, 2.75) is 26.9 Å². The van der Waals surface area contributed by atoms with Crippen molar-refractivity contribution in [1.29, 1.82) is 5.26 Å². The molecule has 1 heterocycles. The number of carbonyl (C=O) groups is 2. The van der Waals surface area contributed by atoms with Crippen LogP contribution < -0.4 is 0 Å². The summed E-state index contributed by atoms with van der Waals surface area (Å²) in [7, 11) is 3.27. The van der Waals surface area contributed by atoms with E-state index in [1.54, 1.807) is 14.2 Å². The summed E-state index contributed by atoms with van der Waals surface area (Å²) in [6, 6.07) is 11.3. The van der Waals surface area contributed by atoms with Gasteiger partial charge in [0.05, 0.1) is 6.61 Å². The second-order valence-corrected chi connectivity index (χ2v) is 7.91. The fourth-order valence-corrected chi connectivity index (χ4v) is 3.49.